The highest BCUT2D eigenvalue weighted by Crippen LogP contribution is 2.25. The van der Waals surface area contributed by atoms with Crippen LogP contribution in [0.1, 0.15) is 35.3 Å². The lowest BCUT2D eigenvalue weighted by atomic mass is 9.96. The van der Waals surface area contributed by atoms with E-state index in [1.165, 1.54) is 23.1 Å². The maximum atomic E-state index is 5.31. The molecule has 1 aromatic heterocycles. The van der Waals surface area contributed by atoms with E-state index in [1.807, 2.05) is 0 Å². The first kappa shape index (κ1) is 9.97. The summed E-state index contributed by atoms with van der Waals surface area (Å²) in [4.78, 5) is 3.94. The molecule has 1 aromatic carbocycles. The molecule has 2 nitrogen and oxygen atoms in total. The molecule has 0 spiro atoms. The molecule has 0 bridgehead atoms. The van der Waals surface area contributed by atoms with Crippen molar-refractivity contribution in [2.75, 3.05) is 0 Å². The first-order chi connectivity index (χ1) is 7.18. The molecule has 15 heavy (non-hydrogen) atoms. The fraction of sp³-hybridized carbons (Fsp3) is 0.308. The van der Waals surface area contributed by atoms with Crippen LogP contribution < -0.4 is 0 Å². The zero-order valence-electron chi connectivity index (χ0n) is 9.32. The van der Waals surface area contributed by atoms with Gasteiger partial charge in [-0.1, -0.05) is 25.1 Å². The lowest BCUT2D eigenvalue weighted by molar-refractivity contribution is 0.490. The van der Waals surface area contributed by atoms with Crippen LogP contribution in [0.15, 0.2) is 35.2 Å². The van der Waals surface area contributed by atoms with E-state index in [9.17, 15) is 0 Å². The van der Waals surface area contributed by atoms with Crippen molar-refractivity contribution in [3.05, 3.63) is 53.2 Å². The molecule has 0 aliphatic heterocycles. The van der Waals surface area contributed by atoms with E-state index >= 15 is 0 Å². The number of benzene rings is 1. The summed E-state index contributed by atoms with van der Waals surface area (Å²) in [5.74, 6) is 1.19. The van der Waals surface area contributed by atoms with E-state index in [4.69, 9.17) is 4.42 Å². The van der Waals surface area contributed by atoms with E-state index < -0.39 is 0 Å². The standard InChI is InChI=1S/C13H15NO/c1-9-4-5-12(6-10(9)2)11(3)13-7-14-8-15-13/h4-8,11H,1-3H3/t11-/m0/s1. The van der Waals surface area contributed by atoms with Crippen LogP contribution in [0, 0.1) is 13.8 Å². The molecule has 0 unspecified atom stereocenters. The zero-order chi connectivity index (χ0) is 10.8. The van der Waals surface area contributed by atoms with Gasteiger partial charge in [-0.3, -0.25) is 0 Å². The first-order valence-electron chi connectivity index (χ1n) is 5.14. The molecule has 0 fully saturated rings. The normalized spacial score (nSPS) is 12.7. The Hall–Kier alpha value is -1.57. The summed E-state index contributed by atoms with van der Waals surface area (Å²) >= 11 is 0. The van der Waals surface area contributed by atoms with Crippen LogP contribution in [0.2, 0.25) is 0 Å². The second-order valence-electron chi connectivity index (χ2n) is 3.97. The van der Waals surface area contributed by atoms with Gasteiger partial charge in [0.1, 0.15) is 5.76 Å². The molecule has 2 rings (SSSR count). The van der Waals surface area contributed by atoms with Gasteiger partial charge in [-0.2, -0.15) is 0 Å². The van der Waals surface area contributed by atoms with E-state index in [-0.39, 0.29) is 5.92 Å². The average molecular weight is 201 g/mol. The largest absolute Gasteiger partial charge is 0.448 e. The molecule has 0 N–H and O–H groups in total. The smallest absolute Gasteiger partial charge is 0.180 e. The number of hydrogen-bond donors (Lipinski definition) is 0. The van der Waals surface area contributed by atoms with E-state index in [0.29, 0.717) is 0 Å². The summed E-state index contributed by atoms with van der Waals surface area (Å²) in [7, 11) is 0. The first-order valence-corrected chi connectivity index (χ1v) is 5.14. The number of aryl methyl sites for hydroxylation is 2. The fourth-order valence-electron chi connectivity index (χ4n) is 1.64. The maximum Gasteiger partial charge on any atom is 0.180 e. The third-order valence-corrected chi connectivity index (χ3v) is 2.91. The van der Waals surface area contributed by atoms with Gasteiger partial charge in [-0.15, -0.1) is 0 Å². The van der Waals surface area contributed by atoms with E-state index in [1.54, 1.807) is 6.20 Å². The summed E-state index contributed by atoms with van der Waals surface area (Å²) in [6.45, 7) is 6.38. The van der Waals surface area contributed by atoms with Crippen molar-refractivity contribution in [1.29, 1.82) is 0 Å². The molecule has 0 saturated carbocycles. The van der Waals surface area contributed by atoms with Crippen molar-refractivity contribution in [1.82, 2.24) is 4.98 Å². The summed E-state index contributed by atoms with van der Waals surface area (Å²) in [5.41, 5.74) is 3.91. The summed E-state index contributed by atoms with van der Waals surface area (Å²) < 4.78 is 5.31. The van der Waals surface area contributed by atoms with Gasteiger partial charge in [0.2, 0.25) is 0 Å². The van der Waals surface area contributed by atoms with E-state index in [2.05, 4.69) is 44.0 Å². The van der Waals surface area contributed by atoms with Gasteiger partial charge >= 0.3 is 0 Å². The van der Waals surface area contributed by atoms with Gasteiger partial charge in [-0.05, 0) is 30.5 Å². The molecule has 2 aromatic rings. The Labute approximate surface area is 90.0 Å². The topological polar surface area (TPSA) is 26.0 Å². The predicted octanol–water partition coefficient (Wildman–Crippen LogP) is 3.44. The minimum Gasteiger partial charge on any atom is -0.448 e. The summed E-state index contributed by atoms with van der Waals surface area (Å²) in [6.07, 6.45) is 3.26. The number of rotatable bonds is 2. The minimum absolute atomic E-state index is 0.270. The SMILES string of the molecule is Cc1ccc([C@H](C)c2cnco2)cc1C. The Morgan fingerprint density at radius 1 is 1.20 bits per heavy atom. The highest BCUT2D eigenvalue weighted by molar-refractivity contribution is 5.34. The van der Waals surface area contributed by atoms with Crippen molar-refractivity contribution in [3.63, 3.8) is 0 Å². The third-order valence-electron chi connectivity index (χ3n) is 2.91. The van der Waals surface area contributed by atoms with Crippen LogP contribution in [-0.4, -0.2) is 4.98 Å². The molecular formula is C13H15NO. The fourth-order valence-corrected chi connectivity index (χ4v) is 1.64. The molecule has 0 aliphatic carbocycles. The number of oxazole rings is 1. The van der Waals surface area contributed by atoms with Gasteiger partial charge in [0.15, 0.2) is 6.39 Å². The second-order valence-corrected chi connectivity index (χ2v) is 3.97. The Morgan fingerprint density at radius 3 is 2.60 bits per heavy atom. The number of aromatic nitrogens is 1. The van der Waals surface area contributed by atoms with Crippen molar-refractivity contribution in [2.45, 2.75) is 26.7 Å². The Morgan fingerprint density at radius 2 is 2.00 bits per heavy atom. The lowest BCUT2D eigenvalue weighted by Gasteiger charge is -2.10. The van der Waals surface area contributed by atoms with Crippen LogP contribution in [0.5, 0.6) is 0 Å². The molecule has 1 atom stereocenters. The van der Waals surface area contributed by atoms with Crippen molar-refractivity contribution in [3.8, 4) is 0 Å². The van der Waals surface area contributed by atoms with Crippen LogP contribution in [0.3, 0.4) is 0 Å². The van der Waals surface area contributed by atoms with Gasteiger partial charge in [0.25, 0.3) is 0 Å². The van der Waals surface area contributed by atoms with Crippen molar-refractivity contribution >= 4 is 0 Å². The summed E-state index contributed by atoms with van der Waals surface area (Å²) in [5, 5.41) is 0. The van der Waals surface area contributed by atoms with E-state index in [0.717, 1.165) is 5.76 Å². The quantitative estimate of drug-likeness (QED) is 0.743. The minimum atomic E-state index is 0.270. The highest BCUT2D eigenvalue weighted by atomic mass is 16.3. The number of nitrogens with zero attached hydrogens (tertiary/aromatic N) is 1. The molecule has 1 heterocycles. The number of hydrogen-bond acceptors (Lipinski definition) is 2. The Balaban J connectivity index is 2.34. The van der Waals surface area contributed by atoms with Crippen LogP contribution in [0.25, 0.3) is 0 Å². The predicted molar refractivity (Wildman–Crippen MR) is 59.9 cm³/mol. The van der Waals surface area contributed by atoms with Crippen molar-refractivity contribution < 1.29 is 4.42 Å². The third kappa shape index (κ3) is 1.94. The molecule has 0 radical (unpaired) electrons. The van der Waals surface area contributed by atoms with Crippen molar-refractivity contribution in [2.24, 2.45) is 0 Å². The monoisotopic (exact) mass is 201 g/mol. The van der Waals surface area contributed by atoms with Gasteiger partial charge in [0.05, 0.1) is 6.20 Å². The van der Waals surface area contributed by atoms with Gasteiger partial charge < -0.3 is 4.42 Å². The van der Waals surface area contributed by atoms with Crippen LogP contribution >= 0.6 is 0 Å². The molecule has 2 heteroatoms. The highest BCUT2D eigenvalue weighted by Gasteiger charge is 2.11. The Kier molecular flexibility index (Phi) is 2.58. The van der Waals surface area contributed by atoms with Gasteiger partial charge in [-0.25, -0.2) is 4.98 Å². The maximum absolute atomic E-state index is 5.31. The zero-order valence-corrected chi connectivity index (χ0v) is 9.32. The summed E-state index contributed by atoms with van der Waals surface area (Å²) in [6, 6.07) is 6.51. The molecular weight excluding hydrogens is 186 g/mol. The van der Waals surface area contributed by atoms with Gasteiger partial charge in [0, 0.05) is 5.92 Å². The molecule has 0 amide bonds. The molecule has 0 aliphatic rings. The average Bonchev–Trinajstić information content (AvgIpc) is 2.74. The second kappa shape index (κ2) is 3.89. The lowest BCUT2D eigenvalue weighted by Crippen LogP contribution is -1.95. The van der Waals surface area contributed by atoms with Crippen LogP contribution in [-0.2, 0) is 0 Å². The molecule has 78 valence electrons. The molecule has 0 saturated heterocycles. The van der Waals surface area contributed by atoms with Crippen LogP contribution in [0.4, 0.5) is 0 Å². The Bertz CT molecular complexity index is 446.